The van der Waals surface area contributed by atoms with Crippen molar-refractivity contribution in [2.24, 2.45) is 5.73 Å². The van der Waals surface area contributed by atoms with E-state index in [0.29, 0.717) is 5.57 Å². The minimum atomic E-state index is -0.397. The molecule has 2 heteroatoms. The van der Waals surface area contributed by atoms with Crippen LogP contribution in [0.25, 0.3) is 0 Å². The Bertz CT molecular complexity index is 422. The molecule has 0 unspecified atom stereocenters. The molecular weight excluding hydrogens is 210 g/mol. The average Bonchev–Trinajstić information content (AvgIpc) is 2.21. The zero-order valence-corrected chi connectivity index (χ0v) is 10.3. The zero-order chi connectivity index (χ0) is 13.4. The first-order chi connectivity index (χ1) is 7.82. The second kappa shape index (κ2) is 7.23. The zero-order valence-electron chi connectivity index (χ0n) is 10.3. The largest absolute Gasteiger partial charge is 0.369 e. The highest BCUT2D eigenvalue weighted by molar-refractivity contribution is 5.77. The lowest BCUT2D eigenvalue weighted by Crippen LogP contribution is -2.10. The molecule has 0 aromatic rings. The monoisotopic (exact) mass is 229 g/mol. The number of allylic oxidation sites excluding steroid dienone is 7. The van der Waals surface area contributed by atoms with Crippen molar-refractivity contribution in [3.8, 4) is 0 Å². The number of hydrogen-bond acceptors (Lipinski definition) is 1. The molecule has 0 rings (SSSR count). The van der Waals surface area contributed by atoms with Gasteiger partial charge in [-0.1, -0.05) is 56.2 Å². The minimum absolute atomic E-state index is 0.151. The fourth-order valence-electron chi connectivity index (χ4n) is 0.958. The van der Waals surface area contributed by atoms with E-state index in [1.807, 2.05) is 19.1 Å². The second-order valence-electron chi connectivity index (χ2n) is 3.86. The molecule has 0 heterocycles. The smallest absolute Gasteiger partial charge is 0.221 e. The summed E-state index contributed by atoms with van der Waals surface area (Å²) in [6.07, 6.45) is 7.33. The van der Waals surface area contributed by atoms with E-state index >= 15 is 0 Å². The van der Waals surface area contributed by atoms with E-state index in [4.69, 9.17) is 5.73 Å². The number of amides is 1. The molecule has 0 fully saturated rings. The molecule has 0 radical (unpaired) electrons. The van der Waals surface area contributed by atoms with Gasteiger partial charge in [0.2, 0.25) is 5.91 Å². The highest BCUT2D eigenvalue weighted by atomic mass is 16.1. The summed E-state index contributed by atoms with van der Waals surface area (Å²) < 4.78 is 0. The lowest BCUT2D eigenvalue weighted by atomic mass is 10.1. The molecule has 1 amide bonds. The van der Waals surface area contributed by atoms with Crippen LogP contribution in [0.1, 0.15) is 13.3 Å². The summed E-state index contributed by atoms with van der Waals surface area (Å²) in [6.45, 7) is 17.1. The Hall–Kier alpha value is -2.09. The lowest BCUT2D eigenvalue weighted by Gasteiger charge is -2.00. The summed E-state index contributed by atoms with van der Waals surface area (Å²) in [5.41, 5.74) is 8.19. The predicted octanol–water partition coefficient (Wildman–Crippen LogP) is 3.22. The molecule has 0 saturated heterocycles. The van der Waals surface area contributed by atoms with Crippen LogP contribution in [0.3, 0.4) is 0 Å². The van der Waals surface area contributed by atoms with E-state index in [1.165, 1.54) is 0 Å². The topological polar surface area (TPSA) is 43.1 Å². The molecule has 0 aliphatic heterocycles. The van der Waals surface area contributed by atoms with E-state index in [-0.39, 0.29) is 6.42 Å². The Balaban J connectivity index is 4.40. The van der Waals surface area contributed by atoms with E-state index in [9.17, 15) is 4.79 Å². The fraction of sp³-hybridized carbons (Fsp3) is 0.133. The molecule has 0 aromatic heterocycles. The van der Waals surface area contributed by atoms with Gasteiger partial charge >= 0.3 is 0 Å². The minimum Gasteiger partial charge on any atom is -0.369 e. The van der Waals surface area contributed by atoms with Crippen molar-refractivity contribution in [3.05, 3.63) is 72.9 Å². The molecule has 0 atom stereocenters. The molecule has 0 aliphatic carbocycles. The van der Waals surface area contributed by atoms with Crippen LogP contribution >= 0.6 is 0 Å². The third-order valence-electron chi connectivity index (χ3n) is 1.90. The van der Waals surface area contributed by atoms with Crippen molar-refractivity contribution in [2.75, 3.05) is 0 Å². The van der Waals surface area contributed by atoms with Crippen LogP contribution in [0.2, 0.25) is 0 Å². The number of nitrogens with two attached hydrogens (primary N) is 1. The van der Waals surface area contributed by atoms with Crippen molar-refractivity contribution in [1.82, 2.24) is 0 Å². The lowest BCUT2D eigenvalue weighted by molar-refractivity contribution is -0.117. The second-order valence-corrected chi connectivity index (χ2v) is 3.86. The van der Waals surface area contributed by atoms with Gasteiger partial charge in [0.1, 0.15) is 0 Å². The third kappa shape index (κ3) is 7.79. The van der Waals surface area contributed by atoms with Crippen LogP contribution in [0.15, 0.2) is 72.9 Å². The Morgan fingerprint density at radius 2 is 1.47 bits per heavy atom. The molecule has 90 valence electrons. The molecule has 0 aromatic carbocycles. The van der Waals surface area contributed by atoms with E-state index in [0.717, 1.165) is 16.7 Å². The maximum absolute atomic E-state index is 10.6. The van der Waals surface area contributed by atoms with Gasteiger partial charge in [-0.3, -0.25) is 4.79 Å². The number of carbonyl (C=O) groups excluding carboxylic acids is 1. The quantitative estimate of drug-likeness (QED) is 0.669. The first kappa shape index (κ1) is 14.9. The maximum atomic E-state index is 10.6. The first-order valence-corrected chi connectivity index (χ1v) is 5.19. The van der Waals surface area contributed by atoms with Crippen LogP contribution in [-0.4, -0.2) is 5.91 Å². The highest BCUT2D eigenvalue weighted by Gasteiger charge is 1.96. The molecule has 0 aliphatic rings. The summed E-state index contributed by atoms with van der Waals surface area (Å²) in [6, 6.07) is 0. The van der Waals surface area contributed by atoms with Gasteiger partial charge in [0.05, 0.1) is 6.42 Å². The molecular formula is C15H19NO. The Kier molecular flexibility index (Phi) is 6.34. The van der Waals surface area contributed by atoms with Crippen LogP contribution < -0.4 is 5.73 Å². The van der Waals surface area contributed by atoms with Crippen LogP contribution in [-0.2, 0) is 4.79 Å². The highest BCUT2D eigenvalue weighted by Crippen LogP contribution is 2.11. The Labute approximate surface area is 103 Å². The van der Waals surface area contributed by atoms with E-state index in [1.54, 1.807) is 12.2 Å². The first-order valence-electron chi connectivity index (χ1n) is 5.19. The van der Waals surface area contributed by atoms with Crippen molar-refractivity contribution in [1.29, 1.82) is 0 Å². The van der Waals surface area contributed by atoms with Crippen molar-refractivity contribution in [2.45, 2.75) is 13.3 Å². The summed E-state index contributed by atoms with van der Waals surface area (Å²) in [5, 5.41) is 0. The summed E-state index contributed by atoms with van der Waals surface area (Å²) in [4.78, 5) is 10.6. The molecule has 0 spiro atoms. The number of carbonyl (C=O) groups is 1. The van der Waals surface area contributed by atoms with Gasteiger partial charge < -0.3 is 5.73 Å². The molecule has 2 N–H and O–H groups in total. The normalized spacial score (nSPS) is 10.6. The van der Waals surface area contributed by atoms with Gasteiger partial charge in [-0.15, -0.1) is 0 Å². The summed E-state index contributed by atoms with van der Waals surface area (Å²) >= 11 is 0. The predicted molar refractivity (Wildman–Crippen MR) is 74.3 cm³/mol. The van der Waals surface area contributed by atoms with Crippen molar-refractivity contribution >= 4 is 5.91 Å². The molecule has 0 bridgehead atoms. The van der Waals surface area contributed by atoms with Gasteiger partial charge in [0, 0.05) is 0 Å². The van der Waals surface area contributed by atoms with Gasteiger partial charge in [0.15, 0.2) is 0 Å². The Morgan fingerprint density at radius 3 is 1.88 bits per heavy atom. The van der Waals surface area contributed by atoms with Gasteiger partial charge in [-0.05, 0) is 23.6 Å². The van der Waals surface area contributed by atoms with Crippen LogP contribution in [0, 0.1) is 0 Å². The number of hydrogen-bond donors (Lipinski definition) is 1. The average molecular weight is 229 g/mol. The van der Waals surface area contributed by atoms with Gasteiger partial charge in [0.25, 0.3) is 0 Å². The van der Waals surface area contributed by atoms with Crippen LogP contribution in [0.4, 0.5) is 0 Å². The standard InChI is InChI=1S/C15H19NO/c1-11(2)6-8-13(4)14(5)9-7-12(3)10-15(16)17/h6-9H,1,3-5,10H2,2H3,(H2,16,17)/b8-6-,9-7-. The molecule has 2 nitrogen and oxygen atoms in total. The van der Waals surface area contributed by atoms with E-state index in [2.05, 4.69) is 26.3 Å². The molecule has 17 heavy (non-hydrogen) atoms. The maximum Gasteiger partial charge on any atom is 0.221 e. The fourth-order valence-corrected chi connectivity index (χ4v) is 0.958. The van der Waals surface area contributed by atoms with Crippen molar-refractivity contribution in [3.63, 3.8) is 0 Å². The SMILES string of the molecule is C=C(C)/C=C\C(=C)C(=C)/C=C\C(=C)CC(N)=O. The Morgan fingerprint density at radius 1 is 1.00 bits per heavy atom. The number of rotatable bonds is 7. The molecule has 0 saturated carbocycles. The van der Waals surface area contributed by atoms with Crippen LogP contribution in [0.5, 0.6) is 0 Å². The summed E-state index contributed by atoms with van der Waals surface area (Å²) in [7, 11) is 0. The van der Waals surface area contributed by atoms with Crippen molar-refractivity contribution < 1.29 is 4.79 Å². The summed E-state index contributed by atoms with van der Waals surface area (Å²) in [5.74, 6) is -0.397. The van der Waals surface area contributed by atoms with Gasteiger partial charge in [-0.2, -0.15) is 0 Å². The van der Waals surface area contributed by atoms with Gasteiger partial charge in [-0.25, -0.2) is 0 Å². The number of primary amides is 1. The van der Waals surface area contributed by atoms with E-state index < -0.39 is 5.91 Å². The third-order valence-corrected chi connectivity index (χ3v) is 1.90.